The van der Waals surface area contributed by atoms with E-state index in [9.17, 15) is 13.7 Å². The lowest BCUT2D eigenvalue weighted by Gasteiger charge is -2.11. The molecule has 0 saturated heterocycles. The molecule has 0 bridgehead atoms. The highest BCUT2D eigenvalue weighted by Gasteiger charge is 2.20. The van der Waals surface area contributed by atoms with Crippen LogP contribution in [0.5, 0.6) is 11.5 Å². The van der Waals surface area contributed by atoms with E-state index in [1.807, 2.05) is 13.8 Å². The van der Waals surface area contributed by atoms with E-state index < -0.39 is 9.84 Å². The van der Waals surface area contributed by atoms with Crippen molar-refractivity contribution >= 4 is 15.9 Å². The molecular weight excluding hydrogens is 338 g/mol. The monoisotopic (exact) mass is 357 g/mol. The van der Waals surface area contributed by atoms with Crippen LogP contribution in [0, 0.1) is 11.3 Å². The molecule has 0 unspecified atom stereocenters. The maximum absolute atomic E-state index is 12.6. The molecule has 0 radical (unpaired) electrons. The first-order chi connectivity index (χ1) is 12.0. The summed E-state index contributed by atoms with van der Waals surface area (Å²) < 4.78 is 36.2. The van der Waals surface area contributed by atoms with Crippen molar-refractivity contribution in [1.82, 2.24) is 0 Å². The number of allylic oxidation sites excluding steroid dienone is 1. The molecule has 0 aliphatic rings. The normalized spacial score (nSPS) is 11.6. The topological polar surface area (TPSA) is 76.4 Å². The molecule has 0 aliphatic heterocycles. The fraction of sp³-hybridized carbons (Fsp3) is 0.211. The van der Waals surface area contributed by atoms with Crippen molar-refractivity contribution in [2.75, 3.05) is 13.2 Å². The van der Waals surface area contributed by atoms with E-state index in [2.05, 4.69) is 0 Å². The molecule has 2 rings (SSSR count). The number of ether oxygens (including phenoxy) is 2. The summed E-state index contributed by atoms with van der Waals surface area (Å²) in [7, 11) is -3.87. The van der Waals surface area contributed by atoms with E-state index >= 15 is 0 Å². The van der Waals surface area contributed by atoms with Gasteiger partial charge in [0.1, 0.15) is 11.0 Å². The third kappa shape index (κ3) is 4.40. The number of rotatable bonds is 7. The zero-order valence-corrected chi connectivity index (χ0v) is 14.9. The zero-order valence-electron chi connectivity index (χ0n) is 14.1. The second-order valence-electron chi connectivity index (χ2n) is 5.01. The average molecular weight is 357 g/mol. The van der Waals surface area contributed by atoms with Gasteiger partial charge in [-0.2, -0.15) is 5.26 Å². The predicted molar refractivity (Wildman–Crippen MR) is 96.0 cm³/mol. The van der Waals surface area contributed by atoms with Gasteiger partial charge < -0.3 is 9.47 Å². The first kappa shape index (κ1) is 18.6. The van der Waals surface area contributed by atoms with Crippen LogP contribution < -0.4 is 9.47 Å². The molecule has 0 aromatic heterocycles. The minimum Gasteiger partial charge on any atom is -0.490 e. The van der Waals surface area contributed by atoms with E-state index in [-0.39, 0.29) is 9.80 Å². The molecule has 5 nitrogen and oxygen atoms in total. The van der Waals surface area contributed by atoms with Crippen LogP contribution >= 0.6 is 0 Å². The molecule has 0 spiro atoms. The van der Waals surface area contributed by atoms with Crippen molar-refractivity contribution in [3.8, 4) is 17.6 Å². The van der Waals surface area contributed by atoms with Gasteiger partial charge >= 0.3 is 0 Å². The number of hydrogen-bond acceptors (Lipinski definition) is 5. The summed E-state index contributed by atoms with van der Waals surface area (Å²) in [6, 6.07) is 14.7. The van der Waals surface area contributed by atoms with Crippen LogP contribution in [0.1, 0.15) is 19.4 Å². The smallest absolute Gasteiger partial charge is 0.216 e. The number of benzene rings is 2. The zero-order chi connectivity index (χ0) is 18.3. The second kappa shape index (κ2) is 8.36. The van der Waals surface area contributed by atoms with Gasteiger partial charge in [-0.25, -0.2) is 8.42 Å². The first-order valence-electron chi connectivity index (χ1n) is 7.84. The Morgan fingerprint density at radius 1 is 1.04 bits per heavy atom. The Balaban J connectivity index is 2.46. The number of nitriles is 1. The molecule has 0 amide bonds. The van der Waals surface area contributed by atoms with Gasteiger partial charge in [0.05, 0.1) is 18.1 Å². The Hall–Kier alpha value is -2.78. The van der Waals surface area contributed by atoms with Crippen LogP contribution in [0.3, 0.4) is 0 Å². The standard InChI is InChI=1S/C19H19NO4S/c1-3-23-18-11-10-15(13-19(18)24-4-2)12-17(14-20)25(21,22)16-8-6-5-7-9-16/h5-13H,3-4H2,1-2H3. The van der Waals surface area contributed by atoms with Crippen molar-refractivity contribution < 1.29 is 17.9 Å². The Bertz CT molecular complexity index is 897. The Labute approximate surface area is 148 Å². The molecule has 0 heterocycles. The predicted octanol–water partition coefficient (Wildman–Crippen LogP) is 3.82. The average Bonchev–Trinajstić information content (AvgIpc) is 2.62. The van der Waals surface area contributed by atoms with Gasteiger partial charge in [0, 0.05) is 0 Å². The fourth-order valence-corrected chi connectivity index (χ4v) is 3.39. The van der Waals surface area contributed by atoms with Gasteiger partial charge in [-0.15, -0.1) is 0 Å². The van der Waals surface area contributed by atoms with Crippen molar-refractivity contribution in [1.29, 1.82) is 5.26 Å². The summed E-state index contributed by atoms with van der Waals surface area (Å²) in [4.78, 5) is -0.246. The van der Waals surface area contributed by atoms with Crippen LogP contribution in [0.15, 0.2) is 58.3 Å². The third-order valence-electron chi connectivity index (χ3n) is 3.32. The highest BCUT2D eigenvalue weighted by atomic mass is 32.2. The van der Waals surface area contributed by atoms with Gasteiger partial charge in [0.15, 0.2) is 11.5 Å². The van der Waals surface area contributed by atoms with Crippen molar-refractivity contribution in [2.45, 2.75) is 18.7 Å². The van der Waals surface area contributed by atoms with E-state index in [1.165, 1.54) is 18.2 Å². The van der Waals surface area contributed by atoms with E-state index in [1.54, 1.807) is 42.5 Å². The number of sulfone groups is 1. The second-order valence-corrected chi connectivity index (χ2v) is 6.93. The summed E-state index contributed by atoms with van der Waals surface area (Å²) in [6.45, 7) is 4.64. The molecule has 6 heteroatoms. The first-order valence-corrected chi connectivity index (χ1v) is 9.32. The van der Waals surface area contributed by atoms with Gasteiger partial charge in [-0.1, -0.05) is 24.3 Å². The lowest BCUT2D eigenvalue weighted by molar-refractivity contribution is 0.287. The van der Waals surface area contributed by atoms with E-state index in [0.717, 1.165) is 0 Å². The summed E-state index contributed by atoms with van der Waals surface area (Å²) in [5.74, 6) is 1.08. The lowest BCUT2D eigenvalue weighted by Crippen LogP contribution is -2.03. The minimum atomic E-state index is -3.87. The van der Waals surface area contributed by atoms with Gasteiger partial charge in [-0.05, 0) is 49.8 Å². The summed E-state index contributed by atoms with van der Waals surface area (Å²) in [5.41, 5.74) is 0.544. The maximum Gasteiger partial charge on any atom is 0.216 e. The molecule has 0 saturated carbocycles. The van der Waals surface area contributed by atoms with Crippen LogP contribution in [0.4, 0.5) is 0 Å². The molecule has 0 atom stereocenters. The highest BCUT2D eigenvalue weighted by Crippen LogP contribution is 2.30. The van der Waals surface area contributed by atoms with E-state index in [0.29, 0.717) is 30.3 Å². The lowest BCUT2D eigenvalue weighted by atomic mass is 10.2. The highest BCUT2D eigenvalue weighted by molar-refractivity contribution is 7.95. The molecule has 130 valence electrons. The summed E-state index contributed by atoms with van der Waals surface area (Å²) in [5, 5.41) is 9.34. The van der Waals surface area contributed by atoms with Crippen molar-refractivity contribution in [3.63, 3.8) is 0 Å². The van der Waals surface area contributed by atoms with Gasteiger partial charge in [-0.3, -0.25) is 0 Å². The van der Waals surface area contributed by atoms with Gasteiger partial charge in [0.2, 0.25) is 9.84 Å². The van der Waals surface area contributed by atoms with Crippen LogP contribution in [0.25, 0.3) is 6.08 Å². The van der Waals surface area contributed by atoms with Crippen molar-refractivity contribution in [2.24, 2.45) is 0 Å². The Morgan fingerprint density at radius 2 is 1.68 bits per heavy atom. The van der Waals surface area contributed by atoms with Crippen LogP contribution in [-0.4, -0.2) is 21.6 Å². The van der Waals surface area contributed by atoms with E-state index in [4.69, 9.17) is 9.47 Å². The molecule has 0 aliphatic carbocycles. The summed E-state index contributed by atoms with van der Waals surface area (Å²) in [6.07, 6.45) is 1.33. The molecule has 2 aromatic carbocycles. The largest absolute Gasteiger partial charge is 0.490 e. The molecule has 0 fully saturated rings. The SMILES string of the molecule is CCOc1ccc(C=C(C#N)S(=O)(=O)c2ccccc2)cc1OCC. The maximum atomic E-state index is 12.6. The number of nitrogens with zero attached hydrogens (tertiary/aromatic N) is 1. The Kier molecular flexibility index (Phi) is 6.20. The molecule has 2 aromatic rings. The number of hydrogen-bond donors (Lipinski definition) is 0. The Morgan fingerprint density at radius 3 is 2.28 bits per heavy atom. The van der Waals surface area contributed by atoms with Crippen molar-refractivity contribution in [3.05, 3.63) is 59.0 Å². The summed E-state index contributed by atoms with van der Waals surface area (Å²) >= 11 is 0. The third-order valence-corrected chi connectivity index (χ3v) is 5.00. The minimum absolute atomic E-state index is 0.0822. The van der Waals surface area contributed by atoms with Crippen LogP contribution in [-0.2, 0) is 9.84 Å². The van der Waals surface area contributed by atoms with Crippen LogP contribution in [0.2, 0.25) is 0 Å². The molecule has 0 N–H and O–H groups in total. The van der Waals surface area contributed by atoms with Gasteiger partial charge in [0.25, 0.3) is 0 Å². The molecular formula is C19H19NO4S. The quantitative estimate of drug-likeness (QED) is 0.704. The fourth-order valence-electron chi connectivity index (χ4n) is 2.21. The molecule has 25 heavy (non-hydrogen) atoms.